The van der Waals surface area contributed by atoms with Crippen LogP contribution in [0.3, 0.4) is 0 Å². The predicted octanol–water partition coefficient (Wildman–Crippen LogP) is 5.73. The summed E-state index contributed by atoms with van der Waals surface area (Å²) >= 11 is 2.73. The van der Waals surface area contributed by atoms with E-state index in [1.165, 1.54) is 33.6 Å². The molecule has 9 nitrogen and oxygen atoms in total. The molecule has 41 heavy (non-hydrogen) atoms. The number of nitrogens with zero attached hydrogens (tertiary/aromatic N) is 5. The Labute approximate surface area is 244 Å². The van der Waals surface area contributed by atoms with E-state index in [0.717, 1.165) is 5.56 Å². The third-order valence-electron chi connectivity index (χ3n) is 6.89. The van der Waals surface area contributed by atoms with Gasteiger partial charge in [-0.3, -0.25) is 18.9 Å². The summed E-state index contributed by atoms with van der Waals surface area (Å²) in [6.45, 7) is 3.79. The number of amides is 1. The largest absolute Gasteiger partial charge is 0.505 e. The summed E-state index contributed by atoms with van der Waals surface area (Å²) in [6.07, 6.45) is 1.76. The lowest BCUT2D eigenvalue weighted by atomic mass is 9.96. The van der Waals surface area contributed by atoms with E-state index in [-0.39, 0.29) is 16.5 Å². The second-order valence-corrected chi connectivity index (χ2v) is 11.7. The summed E-state index contributed by atoms with van der Waals surface area (Å²) in [7, 11) is 1.56. The molecule has 0 bridgehead atoms. The molecule has 1 saturated heterocycles. The standard InChI is InChI=1S/C30H25N5O4S2/c1-17-7-9-19(10-8-17)16-40-30-33-32-29(41-30)35-25(20-11-13-21(39-3)14-12-20)23(27(37)28(35)38)26(36)24-18(2)31-22-6-4-5-15-34(22)24/h4-15,25,36H,16H2,1-3H3. The van der Waals surface area contributed by atoms with Crippen LogP contribution in [0.2, 0.25) is 0 Å². The number of rotatable bonds is 7. The highest BCUT2D eigenvalue weighted by Crippen LogP contribution is 2.44. The smallest absolute Gasteiger partial charge is 0.301 e. The number of carbonyl (C=O) groups excluding carboxylic acids is 2. The van der Waals surface area contributed by atoms with E-state index in [9.17, 15) is 14.7 Å². The summed E-state index contributed by atoms with van der Waals surface area (Å²) in [4.78, 5) is 33.0. The molecule has 2 aromatic carbocycles. The Balaban J connectivity index is 1.43. The topological polar surface area (TPSA) is 110 Å². The number of anilines is 1. The summed E-state index contributed by atoms with van der Waals surface area (Å²) in [6, 6.07) is 19.8. The van der Waals surface area contributed by atoms with E-state index in [1.54, 1.807) is 55.0 Å². The minimum Gasteiger partial charge on any atom is -0.505 e. The highest BCUT2D eigenvalue weighted by molar-refractivity contribution is 8.00. The number of carbonyl (C=O) groups is 2. The van der Waals surface area contributed by atoms with Crippen LogP contribution >= 0.6 is 23.1 Å². The number of fused-ring (bicyclic) bond motifs is 1. The molecule has 1 aliphatic rings. The SMILES string of the molecule is COc1ccc(C2C(=C(O)c3c(C)nc4ccccn34)C(=O)C(=O)N2c2nnc(SCc3ccc(C)cc3)s2)cc1. The van der Waals surface area contributed by atoms with Crippen LogP contribution in [0.1, 0.15) is 34.1 Å². The Bertz CT molecular complexity index is 1810. The number of hydrogen-bond donors (Lipinski definition) is 1. The highest BCUT2D eigenvalue weighted by Gasteiger charge is 2.48. The number of methoxy groups -OCH3 is 1. The maximum absolute atomic E-state index is 13.6. The fraction of sp³-hybridized carbons (Fsp3) is 0.167. The van der Waals surface area contributed by atoms with Crippen molar-refractivity contribution in [2.45, 2.75) is 30.0 Å². The molecular formula is C30H25N5O4S2. The van der Waals surface area contributed by atoms with E-state index < -0.39 is 17.7 Å². The number of aromatic nitrogens is 4. The van der Waals surface area contributed by atoms with Crippen molar-refractivity contribution in [2.75, 3.05) is 12.0 Å². The lowest BCUT2D eigenvalue weighted by molar-refractivity contribution is -0.132. The predicted molar refractivity (Wildman–Crippen MR) is 158 cm³/mol. The number of hydrogen-bond acceptors (Lipinski definition) is 9. The molecule has 4 heterocycles. The van der Waals surface area contributed by atoms with Crippen molar-refractivity contribution < 1.29 is 19.4 Å². The maximum Gasteiger partial charge on any atom is 0.301 e. The Kier molecular flexibility index (Phi) is 7.06. The second-order valence-electron chi connectivity index (χ2n) is 9.54. The van der Waals surface area contributed by atoms with Gasteiger partial charge in [-0.05, 0) is 49.2 Å². The molecule has 1 aliphatic heterocycles. The number of Topliss-reactive ketones (excluding diaryl/α,β-unsaturated/α-hetero) is 1. The van der Waals surface area contributed by atoms with Crippen molar-refractivity contribution >= 4 is 51.3 Å². The molecule has 1 unspecified atom stereocenters. The lowest BCUT2D eigenvalue weighted by Gasteiger charge is -2.22. The molecule has 0 radical (unpaired) electrons. The average Bonchev–Trinajstić information content (AvgIpc) is 3.66. The molecule has 6 rings (SSSR count). The first-order valence-electron chi connectivity index (χ1n) is 12.8. The van der Waals surface area contributed by atoms with Gasteiger partial charge in [0.15, 0.2) is 10.1 Å². The molecule has 0 saturated carbocycles. The van der Waals surface area contributed by atoms with Crippen LogP contribution in [0.25, 0.3) is 11.4 Å². The minimum absolute atomic E-state index is 0.0435. The first-order valence-corrected chi connectivity index (χ1v) is 14.6. The number of aliphatic hydroxyl groups is 1. The number of thioether (sulfide) groups is 1. The van der Waals surface area contributed by atoms with Crippen molar-refractivity contribution in [3.63, 3.8) is 0 Å². The van der Waals surface area contributed by atoms with Crippen molar-refractivity contribution in [3.05, 3.63) is 107 Å². The van der Waals surface area contributed by atoms with E-state index in [4.69, 9.17) is 4.74 Å². The number of ether oxygens (including phenoxy) is 1. The van der Waals surface area contributed by atoms with Gasteiger partial charge in [0.25, 0.3) is 5.78 Å². The van der Waals surface area contributed by atoms with Gasteiger partial charge in [-0.15, -0.1) is 10.2 Å². The molecular weight excluding hydrogens is 558 g/mol. The van der Waals surface area contributed by atoms with E-state index in [2.05, 4.69) is 39.4 Å². The van der Waals surface area contributed by atoms with Crippen LogP contribution in [-0.2, 0) is 15.3 Å². The summed E-state index contributed by atoms with van der Waals surface area (Å²) in [5.74, 6) is -0.596. The number of imidazole rings is 1. The van der Waals surface area contributed by atoms with E-state index in [0.29, 0.717) is 38.4 Å². The maximum atomic E-state index is 13.6. The zero-order valence-corrected chi connectivity index (χ0v) is 24.1. The highest BCUT2D eigenvalue weighted by atomic mass is 32.2. The molecule has 11 heteroatoms. The molecule has 5 aromatic rings. The number of ketones is 1. The van der Waals surface area contributed by atoms with Gasteiger partial charge < -0.3 is 9.84 Å². The van der Waals surface area contributed by atoms with Gasteiger partial charge in [-0.2, -0.15) is 0 Å². The van der Waals surface area contributed by atoms with Crippen LogP contribution in [-0.4, -0.2) is 43.5 Å². The minimum atomic E-state index is -0.933. The van der Waals surface area contributed by atoms with Crippen molar-refractivity contribution in [1.29, 1.82) is 0 Å². The molecule has 1 N–H and O–H groups in total. The molecule has 1 atom stereocenters. The average molecular weight is 584 g/mol. The quantitative estimate of drug-likeness (QED) is 0.0851. The number of benzene rings is 2. The van der Waals surface area contributed by atoms with Crippen molar-refractivity contribution in [2.24, 2.45) is 0 Å². The molecule has 0 aliphatic carbocycles. The third kappa shape index (κ3) is 4.87. The zero-order chi connectivity index (χ0) is 28.7. The van der Waals surface area contributed by atoms with Crippen LogP contribution in [0.15, 0.2) is 82.8 Å². The van der Waals surface area contributed by atoms with Gasteiger partial charge in [0, 0.05) is 11.9 Å². The summed E-state index contributed by atoms with van der Waals surface area (Å²) in [5.41, 5.74) is 4.38. The first kappa shape index (κ1) is 26.7. The fourth-order valence-electron chi connectivity index (χ4n) is 4.85. The van der Waals surface area contributed by atoms with Gasteiger partial charge in [0.05, 0.1) is 24.4 Å². The Morgan fingerprint density at radius 3 is 2.51 bits per heavy atom. The van der Waals surface area contributed by atoms with Gasteiger partial charge >= 0.3 is 5.91 Å². The van der Waals surface area contributed by atoms with Crippen LogP contribution < -0.4 is 9.64 Å². The van der Waals surface area contributed by atoms with Crippen LogP contribution in [0, 0.1) is 13.8 Å². The van der Waals surface area contributed by atoms with Gasteiger partial charge in [-0.1, -0.05) is 71.1 Å². The monoisotopic (exact) mass is 583 g/mol. The Morgan fingerprint density at radius 2 is 1.78 bits per heavy atom. The van der Waals surface area contributed by atoms with Crippen LogP contribution in [0.4, 0.5) is 5.13 Å². The molecule has 0 spiro atoms. The lowest BCUT2D eigenvalue weighted by Crippen LogP contribution is -2.29. The van der Waals surface area contributed by atoms with E-state index >= 15 is 0 Å². The van der Waals surface area contributed by atoms with E-state index in [1.807, 2.05) is 19.1 Å². The molecule has 1 amide bonds. The molecule has 1 fully saturated rings. The van der Waals surface area contributed by atoms with Gasteiger partial charge in [-0.25, -0.2) is 4.98 Å². The number of pyridine rings is 1. The summed E-state index contributed by atoms with van der Waals surface area (Å²) < 4.78 is 7.68. The van der Waals surface area contributed by atoms with Crippen LogP contribution in [0.5, 0.6) is 5.75 Å². The molecule has 3 aromatic heterocycles. The first-order chi connectivity index (χ1) is 19.9. The number of aliphatic hydroxyl groups excluding tert-OH is 1. The molecule has 206 valence electrons. The number of aryl methyl sites for hydroxylation is 2. The summed E-state index contributed by atoms with van der Waals surface area (Å²) in [5, 5.41) is 20.5. The Morgan fingerprint density at radius 1 is 1.02 bits per heavy atom. The van der Waals surface area contributed by atoms with Gasteiger partial charge in [0.1, 0.15) is 17.1 Å². The van der Waals surface area contributed by atoms with Crippen molar-refractivity contribution in [3.8, 4) is 5.75 Å². The second kappa shape index (κ2) is 10.8. The fourth-order valence-corrected chi connectivity index (χ4v) is 6.67. The zero-order valence-electron chi connectivity index (χ0n) is 22.4. The van der Waals surface area contributed by atoms with Gasteiger partial charge in [0.2, 0.25) is 5.13 Å². The Hall–Kier alpha value is -4.48. The third-order valence-corrected chi connectivity index (χ3v) is 9.02. The van der Waals surface area contributed by atoms with Crippen molar-refractivity contribution in [1.82, 2.24) is 19.6 Å². The normalized spacial score (nSPS) is 16.6.